The number of hydrogen-bond donors (Lipinski definition) is 1. The van der Waals surface area contributed by atoms with E-state index in [0.29, 0.717) is 41.6 Å². The van der Waals surface area contributed by atoms with Gasteiger partial charge in [-0.1, -0.05) is 42.3 Å². The molecular formula is C36H32ClN5O4. The first kappa shape index (κ1) is 31.0. The van der Waals surface area contributed by atoms with Crippen molar-refractivity contribution in [3.8, 4) is 28.7 Å². The summed E-state index contributed by atoms with van der Waals surface area (Å²) < 4.78 is 12.6. The maximum Gasteiger partial charge on any atom is 0.320 e. The monoisotopic (exact) mass is 633 g/mol. The van der Waals surface area contributed by atoms with Crippen LogP contribution in [0.3, 0.4) is 0 Å². The zero-order valence-electron chi connectivity index (χ0n) is 25.3. The van der Waals surface area contributed by atoms with Gasteiger partial charge in [0.1, 0.15) is 36.8 Å². The summed E-state index contributed by atoms with van der Waals surface area (Å²) in [5.74, 6) is 0.143. The Morgan fingerprint density at radius 1 is 1.00 bits per heavy atom. The van der Waals surface area contributed by atoms with E-state index in [1.807, 2.05) is 35.2 Å². The summed E-state index contributed by atoms with van der Waals surface area (Å²) in [5.41, 5.74) is 7.78. The number of nitrogens with zero attached hydrogens (tertiary/aromatic N) is 5. The summed E-state index contributed by atoms with van der Waals surface area (Å²) in [6.07, 6.45) is 8.91. The van der Waals surface area contributed by atoms with Crippen molar-refractivity contribution < 1.29 is 19.4 Å². The van der Waals surface area contributed by atoms with Gasteiger partial charge in [-0.3, -0.25) is 24.6 Å². The van der Waals surface area contributed by atoms with Crippen molar-refractivity contribution >= 4 is 28.6 Å². The van der Waals surface area contributed by atoms with Crippen molar-refractivity contribution in [1.82, 2.24) is 19.9 Å². The molecule has 3 heterocycles. The summed E-state index contributed by atoms with van der Waals surface area (Å²) in [4.78, 5) is 26.9. The van der Waals surface area contributed by atoms with Crippen molar-refractivity contribution in [2.24, 2.45) is 0 Å². The molecule has 1 N–H and O–H groups in total. The maximum absolute atomic E-state index is 12.0. The van der Waals surface area contributed by atoms with Crippen LogP contribution in [0.1, 0.15) is 47.1 Å². The summed E-state index contributed by atoms with van der Waals surface area (Å²) in [6, 6.07) is 19.0. The van der Waals surface area contributed by atoms with Crippen molar-refractivity contribution in [2.75, 3.05) is 6.54 Å². The smallest absolute Gasteiger partial charge is 0.320 e. The summed E-state index contributed by atoms with van der Waals surface area (Å²) in [5, 5.41) is 19.5. The molecule has 10 heteroatoms. The summed E-state index contributed by atoms with van der Waals surface area (Å²) >= 11 is 6.79. The number of piperidine rings is 1. The van der Waals surface area contributed by atoms with Gasteiger partial charge in [0.25, 0.3) is 0 Å². The molecule has 1 unspecified atom stereocenters. The minimum atomic E-state index is -0.832. The third-order valence-electron chi connectivity index (χ3n) is 8.31. The zero-order valence-corrected chi connectivity index (χ0v) is 26.1. The van der Waals surface area contributed by atoms with Crippen LogP contribution in [0.4, 0.5) is 0 Å². The van der Waals surface area contributed by atoms with Crippen LogP contribution < -0.4 is 9.47 Å². The van der Waals surface area contributed by atoms with Gasteiger partial charge in [-0.2, -0.15) is 5.26 Å². The first-order valence-corrected chi connectivity index (χ1v) is 15.5. The highest BCUT2D eigenvalue weighted by atomic mass is 35.5. The first-order valence-electron chi connectivity index (χ1n) is 15.1. The maximum atomic E-state index is 12.0. The lowest BCUT2D eigenvalue weighted by Crippen LogP contribution is -2.44. The molecule has 1 atom stereocenters. The second-order valence-electron chi connectivity index (χ2n) is 11.3. The third-order valence-corrected chi connectivity index (χ3v) is 8.61. The Hall–Kier alpha value is -5.04. The topological polar surface area (TPSA) is 121 Å². The average molecular weight is 634 g/mol. The predicted molar refractivity (Wildman–Crippen MR) is 174 cm³/mol. The second-order valence-corrected chi connectivity index (χ2v) is 11.7. The Labute approximate surface area is 272 Å². The first-order chi connectivity index (χ1) is 22.4. The fourth-order valence-electron chi connectivity index (χ4n) is 5.85. The molecule has 0 aliphatic carbocycles. The number of rotatable bonds is 10. The highest BCUT2D eigenvalue weighted by molar-refractivity contribution is 6.32. The van der Waals surface area contributed by atoms with Gasteiger partial charge in [-0.05, 0) is 72.8 Å². The fourth-order valence-corrected chi connectivity index (χ4v) is 6.09. The van der Waals surface area contributed by atoms with Gasteiger partial charge in [0.05, 0.1) is 21.6 Å². The molecule has 1 saturated heterocycles. The third kappa shape index (κ3) is 6.94. The van der Waals surface area contributed by atoms with E-state index in [4.69, 9.17) is 21.1 Å². The lowest BCUT2D eigenvalue weighted by atomic mass is 9.96. The van der Waals surface area contributed by atoms with E-state index in [-0.39, 0.29) is 13.2 Å². The molecule has 1 aliphatic heterocycles. The van der Waals surface area contributed by atoms with Crippen LogP contribution in [0.2, 0.25) is 5.02 Å². The lowest BCUT2D eigenvalue weighted by molar-refractivity contribution is -0.144. The molecule has 0 spiro atoms. The van der Waals surface area contributed by atoms with Gasteiger partial charge in [-0.15, -0.1) is 0 Å². The molecule has 232 valence electrons. The molecule has 0 amide bonds. The molecule has 6 rings (SSSR count). The van der Waals surface area contributed by atoms with E-state index in [9.17, 15) is 15.2 Å². The highest BCUT2D eigenvalue weighted by Gasteiger charge is 2.29. The number of nitriles is 1. The predicted octanol–water partition coefficient (Wildman–Crippen LogP) is 7.12. The van der Waals surface area contributed by atoms with Gasteiger partial charge in [0.15, 0.2) is 0 Å². The molecule has 46 heavy (non-hydrogen) atoms. The van der Waals surface area contributed by atoms with Gasteiger partial charge in [0.2, 0.25) is 0 Å². The lowest BCUT2D eigenvalue weighted by Gasteiger charge is -2.33. The number of carbonyl (C=O) groups is 1. The number of likely N-dealkylation sites (tertiary alicyclic amines) is 1. The molecule has 0 bridgehead atoms. The average Bonchev–Trinajstić information content (AvgIpc) is 3.08. The zero-order chi connectivity index (χ0) is 32.0. The van der Waals surface area contributed by atoms with Crippen LogP contribution in [-0.2, 0) is 24.6 Å². The number of hydrogen-bond acceptors (Lipinski definition) is 8. The van der Waals surface area contributed by atoms with Crippen LogP contribution in [0.5, 0.6) is 11.5 Å². The summed E-state index contributed by atoms with van der Waals surface area (Å²) in [6.45, 7) is 3.53. The van der Waals surface area contributed by atoms with E-state index in [2.05, 4.69) is 34.0 Å². The van der Waals surface area contributed by atoms with Crippen molar-refractivity contribution in [2.45, 2.75) is 52.0 Å². The molecular weight excluding hydrogens is 602 g/mol. The van der Waals surface area contributed by atoms with Crippen molar-refractivity contribution in [3.63, 3.8) is 0 Å². The van der Waals surface area contributed by atoms with E-state index in [1.54, 1.807) is 36.8 Å². The second kappa shape index (κ2) is 13.9. The number of ether oxygens (including phenoxy) is 2. The van der Waals surface area contributed by atoms with Gasteiger partial charge < -0.3 is 14.6 Å². The molecule has 2 aromatic heterocycles. The van der Waals surface area contributed by atoms with E-state index < -0.39 is 12.0 Å². The van der Waals surface area contributed by atoms with Crippen LogP contribution in [0.15, 0.2) is 79.4 Å². The van der Waals surface area contributed by atoms with Crippen molar-refractivity contribution in [3.05, 3.63) is 112 Å². The largest absolute Gasteiger partial charge is 0.488 e. The van der Waals surface area contributed by atoms with Gasteiger partial charge >= 0.3 is 5.97 Å². The minimum Gasteiger partial charge on any atom is -0.488 e. The molecule has 0 radical (unpaired) electrons. The number of aromatic nitrogens is 3. The number of fused-ring (bicyclic) bond motifs is 1. The Balaban J connectivity index is 1.26. The Morgan fingerprint density at radius 3 is 2.65 bits per heavy atom. The number of carboxylic acid groups (broad SMARTS) is 1. The fraction of sp³-hybridized carbons (Fsp3) is 0.250. The van der Waals surface area contributed by atoms with E-state index in [0.717, 1.165) is 57.3 Å². The summed E-state index contributed by atoms with van der Waals surface area (Å²) in [7, 11) is 0. The van der Waals surface area contributed by atoms with Gasteiger partial charge in [0, 0.05) is 48.5 Å². The van der Waals surface area contributed by atoms with Crippen molar-refractivity contribution in [1.29, 1.82) is 5.26 Å². The number of carboxylic acids is 1. The minimum absolute atomic E-state index is 0.163. The number of halogens is 1. The van der Waals surface area contributed by atoms with Crippen LogP contribution in [0.25, 0.3) is 22.2 Å². The molecule has 1 fully saturated rings. The molecule has 3 aromatic carbocycles. The van der Waals surface area contributed by atoms with E-state index >= 15 is 0 Å². The van der Waals surface area contributed by atoms with Crippen LogP contribution in [0, 0.1) is 18.3 Å². The standard InChI is InChI=1S/C36H32ClN5O4/c1-23-27(5-4-6-29(23)26-8-9-31-32(15-26)41-11-10-40-31)22-46-35-16-34(45-21-25-13-24(17-38)18-39-19-25)28(14-30(35)37)20-42-12-3-2-7-33(42)36(43)44/h4-6,8-11,13-16,18-19,33H,2-3,7,12,20-22H2,1H3,(H,43,44). The van der Waals surface area contributed by atoms with E-state index in [1.165, 1.54) is 6.20 Å². The molecule has 5 aromatic rings. The number of pyridine rings is 1. The Bertz CT molecular complexity index is 1940. The number of aliphatic carboxylic acids is 1. The number of benzene rings is 3. The highest BCUT2D eigenvalue weighted by Crippen LogP contribution is 2.36. The Kier molecular flexibility index (Phi) is 9.38. The van der Waals surface area contributed by atoms with Crippen LogP contribution in [-0.4, -0.2) is 43.5 Å². The SMILES string of the molecule is Cc1c(COc2cc(OCc3cncc(C#N)c3)c(CN3CCCCC3C(=O)O)cc2Cl)cccc1-c1ccc2nccnc2c1. The molecule has 0 saturated carbocycles. The van der Waals surface area contributed by atoms with Gasteiger partial charge in [-0.25, -0.2) is 0 Å². The Morgan fingerprint density at radius 2 is 1.83 bits per heavy atom. The van der Waals surface area contributed by atoms with Crippen LogP contribution >= 0.6 is 11.6 Å². The normalized spacial score (nSPS) is 14.9. The molecule has 1 aliphatic rings. The molecule has 9 nitrogen and oxygen atoms in total. The quantitative estimate of drug-likeness (QED) is 0.171.